The number of rotatable bonds is 9. The van der Waals surface area contributed by atoms with Gasteiger partial charge in [0.25, 0.3) is 5.91 Å². The number of hydrogen-bond acceptors (Lipinski definition) is 6. The predicted octanol–water partition coefficient (Wildman–Crippen LogP) is 4.32. The van der Waals surface area contributed by atoms with Crippen LogP contribution in [0.1, 0.15) is 11.1 Å². The van der Waals surface area contributed by atoms with Crippen molar-refractivity contribution >= 4 is 54.0 Å². The van der Waals surface area contributed by atoms with Gasteiger partial charge in [-0.3, -0.25) is 4.79 Å². The molecule has 35 heavy (non-hydrogen) atoms. The number of nitrogens with one attached hydrogen (secondary N) is 1. The van der Waals surface area contributed by atoms with E-state index >= 15 is 0 Å². The third-order valence-corrected chi connectivity index (χ3v) is 8.22. The lowest BCUT2D eigenvalue weighted by molar-refractivity contribution is -0.121. The fourth-order valence-corrected chi connectivity index (χ4v) is 5.43. The zero-order valence-electron chi connectivity index (χ0n) is 18.4. The first kappa shape index (κ1) is 25.4. The molecule has 0 unspecified atom stereocenters. The summed E-state index contributed by atoms with van der Waals surface area (Å²) < 4.78 is 39.9. The maximum absolute atomic E-state index is 13.3. The SMILES string of the molecule is O=C(CN(CCc1ccccc1)S(=O)(=O)c1ccc(Br)cc1)N/N=C\c1cc2c(cc1Br)OCO2. The molecule has 1 heterocycles. The fourth-order valence-electron chi connectivity index (χ4n) is 3.34. The van der Waals surface area contributed by atoms with Crippen LogP contribution < -0.4 is 14.9 Å². The van der Waals surface area contributed by atoms with Crippen molar-refractivity contribution < 1.29 is 22.7 Å². The Morgan fingerprint density at radius 1 is 1.03 bits per heavy atom. The van der Waals surface area contributed by atoms with Gasteiger partial charge in [-0.15, -0.1) is 0 Å². The van der Waals surface area contributed by atoms with Gasteiger partial charge in [-0.2, -0.15) is 9.41 Å². The molecule has 0 atom stereocenters. The van der Waals surface area contributed by atoms with E-state index in [-0.39, 0.29) is 24.8 Å². The molecule has 4 rings (SSSR count). The molecule has 182 valence electrons. The van der Waals surface area contributed by atoms with E-state index in [1.165, 1.54) is 18.3 Å². The molecular weight excluding hydrogens is 602 g/mol. The summed E-state index contributed by atoms with van der Waals surface area (Å²) in [5.74, 6) is 0.630. The maximum Gasteiger partial charge on any atom is 0.255 e. The van der Waals surface area contributed by atoms with Crippen LogP contribution in [0, 0.1) is 0 Å². The Labute approximate surface area is 220 Å². The van der Waals surface area contributed by atoms with Gasteiger partial charge in [0.15, 0.2) is 11.5 Å². The number of amides is 1. The normalized spacial score (nSPS) is 12.9. The van der Waals surface area contributed by atoms with Crippen LogP contribution in [0.5, 0.6) is 11.5 Å². The quantitative estimate of drug-likeness (QED) is 0.283. The molecule has 0 aliphatic carbocycles. The van der Waals surface area contributed by atoms with Gasteiger partial charge >= 0.3 is 0 Å². The average Bonchev–Trinajstić information content (AvgIpc) is 3.29. The van der Waals surface area contributed by atoms with Crippen LogP contribution >= 0.6 is 31.9 Å². The molecular formula is C24H21Br2N3O5S. The van der Waals surface area contributed by atoms with Crippen molar-refractivity contribution in [2.75, 3.05) is 19.9 Å². The van der Waals surface area contributed by atoms with Crippen LogP contribution in [0.2, 0.25) is 0 Å². The average molecular weight is 623 g/mol. The first-order chi connectivity index (χ1) is 16.8. The second-order valence-corrected chi connectivity index (χ2v) is 11.3. The summed E-state index contributed by atoms with van der Waals surface area (Å²) in [6, 6.07) is 19.3. The van der Waals surface area contributed by atoms with Crippen LogP contribution in [-0.2, 0) is 21.2 Å². The minimum Gasteiger partial charge on any atom is -0.454 e. The van der Waals surface area contributed by atoms with Gasteiger partial charge in [-0.25, -0.2) is 13.8 Å². The van der Waals surface area contributed by atoms with Crippen molar-refractivity contribution in [1.82, 2.24) is 9.73 Å². The lowest BCUT2D eigenvalue weighted by atomic mass is 10.1. The van der Waals surface area contributed by atoms with Crippen molar-refractivity contribution in [1.29, 1.82) is 0 Å². The molecule has 0 radical (unpaired) electrons. The third kappa shape index (κ3) is 6.49. The zero-order chi connectivity index (χ0) is 24.8. The molecule has 1 aliphatic heterocycles. The van der Waals surface area contributed by atoms with E-state index in [2.05, 4.69) is 42.4 Å². The maximum atomic E-state index is 13.3. The number of ether oxygens (including phenoxy) is 2. The molecule has 11 heteroatoms. The minimum absolute atomic E-state index is 0.106. The molecule has 0 fully saturated rings. The second-order valence-electron chi connectivity index (χ2n) is 7.55. The first-order valence-corrected chi connectivity index (χ1v) is 13.6. The number of carbonyl (C=O) groups is 1. The minimum atomic E-state index is -3.91. The van der Waals surface area contributed by atoms with Crippen molar-refractivity contribution in [3.63, 3.8) is 0 Å². The zero-order valence-corrected chi connectivity index (χ0v) is 22.3. The molecule has 1 aliphatic rings. The lowest BCUT2D eigenvalue weighted by Crippen LogP contribution is -2.40. The van der Waals surface area contributed by atoms with E-state index in [0.717, 1.165) is 14.3 Å². The number of hydrazone groups is 1. The number of halogens is 2. The summed E-state index contributed by atoms with van der Waals surface area (Å²) in [7, 11) is -3.91. The van der Waals surface area contributed by atoms with Gasteiger partial charge in [0.05, 0.1) is 17.7 Å². The van der Waals surface area contributed by atoms with Gasteiger partial charge in [-0.1, -0.05) is 46.3 Å². The molecule has 8 nitrogen and oxygen atoms in total. The Balaban J connectivity index is 1.47. The highest BCUT2D eigenvalue weighted by Crippen LogP contribution is 2.36. The molecule has 0 bridgehead atoms. The highest BCUT2D eigenvalue weighted by atomic mass is 79.9. The van der Waals surface area contributed by atoms with Gasteiger partial charge in [-0.05, 0) is 64.3 Å². The predicted molar refractivity (Wildman–Crippen MR) is 139 cm³/mol. The smallest absolute Gasteiger partial charge is 0.255 e. The highest BCUT2D eigenvalue weighted by Gasteiger charge is 2.26. The Hall–Kier alpha value is -2.73. The molecule has 3 aromatic rings. The summed E-state index contributed by atoms with van der Waals surface area (Å²) in [6.07, 6.45) is 1.90. The second kappa shape index (κ2) is 11.3. The van der Waals surface area contributed by atoms with Crippen molar-refractivity contribution in [2.24, 2.45) is 5.10 Å². The van der Waals surface area contributed by atoms with Crippen molar-refractivity contribution in [3.05, 3.63) is 86.8 Å². The summed E-state index contributed by atoms with van der Waals surface area (Å²) >= 11 is 6.74. The standard InChI is InChI=1S/C24H21Br2N3O5S/c25-19-6-8-20(9-7-19)35(31,32)29(11-10-17-4-2-1-3-5-17)15-24(30)28-27-14-18-12-22-23(13-21(18)26)34-16-33-22/h1-9,12-14H,10-11,15-16H2,(H,28,30)/b27-14-. The molecule has 1 amide bonds. The number of hydrogen-bond donors (Lipinski definition) is 1. The molecule has 0 aromatic heterocycles. The van der Waals surface area contributed by atoms with E-state index in [0.29, 0.717) is 28.0 Å². The number of carbonyl (C=O) groups excluding carboxylic acids is 1. The molecule has 0 spiro atoms. The van der Waals surface area contributed by atoms with E-state index in [1.54, 1.807) is 24.3 Å². The van der Waals surface area contributed by atoms with E-state index < -0.39 is 15.9 Å². The Kier molecular flexibility index (Phi) is 8.22. The summed E-state index contributed by atoms with van der Waals surface area (Å²) in [4.78, 5) is 12.8. The largest absolute Gasteiger partial charge is 0.454 e. The van der Waals surface area contributed by atoms with Crippen LogP contribution in [0.25, 0.3) is 0 Å². The summed E-state index contributed by atoms with van der Waals surface area (Å²) in [5, 5.41) is 3.99. The van der Waals surface area contributed by atoms with E-state index in [4.69, 9.17) is 9.47 Å². The lowest BCUT2D eigenvalue weighted by Gasteiger charge is -2.21. The van der Waals surface area contributed by atoms with Crippen LogP contribution in [0.4, 0.5) is 0 Å². The van der Waals surface area contributed by atoms with Crippen LogP contribution in [0.3, 0.4) is 0 Å². The third-order valence-electron chi connectivity index (χ3n) is 5.15. The van der Waals surface area contributed by atoms with Crippen molar-refractivity contribution in [3.8, 4) is 11.5 Å². The Morgan fingerprint density at radius 2 is 1.71 bits per heavy atom. The Bertz CT molecular complexity index is 1330. The van der Waals surface area contributed by atoms with Gasteiger partial charge in [0, 0.05) is 21.1 Å². The van der Waals surface area contributed by atoms with Gasteiger partial charge < -0.3 is 9.47 Å². The van der Waals surface area contributed by atoms with Crippen LogP contribution in [0.15, 0.2) is 85.7 Å². The fraction of sp³-hybridized carbons (Fsp3) is 0.167. The van der Waals surface area contributed by atoms with Crippen LogP contribution in [-0.4, -0.2) is 44.7 Å². The van der Waals surface area contributed by atoms with Gasteiger partial charge in [0.1, 0.15) is 0 Å². The number of sulfonamides is 1. The summed E-state index contributed by atoms with van der Waals surface area (Å²) in [5.41, 5.74) is 4.04. The monoisotopic (exact) mass is 621 g/mol. The number of nitrogens with zero attached hydrogens (tertiary/aromatic N) is 2. The number of benzene rings is 3. The molecule has 0 saturated carbocycles. The van der Waals surface area contributed by atoms with E-state index in [9.17, 15) is 13.2 Å². The molecule has 1 N–H and O–H groups in total. The highest BCUT2D eigenvalue weighted by molar-refractivity contribution is 9.10. The molecule has 0 saturated heterocycles. The summed E-state index contributed by atoms with van der Waals surface area (Å²) in [6.45, 7) is -0.108. The first-order valence-electron chi connectivity index (χ1n) is 10.5. The van der Waals surface area contributed by atoms with Gasteiger partial charge in [0.2, 0.25) is 16.8 Å². The molecule has 3 aromatic carbocycles. The van der Waals surface area contributed by atoms with Crippen molar-refractivity contribution in [2.45, 2.75) is 11.3 Å². The van der Waals surface area contributed by atoms with E-state index in [1.807, 2.05) is 30.3 Å². The number of fused-ring (bicyclic) bond motifs is 1. The Morgan fingerprint density at radius 3 is 2.43 bits per heavy atom. The topological polar surface area (TPSA) is 97.3 Å².